The van der Waals surface area contributed by atoms with Gasteiger partial charge in [-0.15, -0.1) is 24.0 Å². The fourth-order valence-electron chi connectivity index (χ4n) is 4.20. The first-order chi connectivity index (χ1) is 14.1. The third-order valence-corrected chi connectivity index (χ3v) is 5.87. The fourth-order valence-corrected chi connectivity index (χ4v) is 4.20. The van der Waals surface area contributed by atoms with E-state index in [1.807, 2.05) is 0 Å². The number of nitrogens with one attached hydrogen (secondary N) is 2. The average molecular weight is 539 g/mol. The Morgan fingerprint density at radius 2 is 1.80 bits per heavy atom. The molecule has 7 nitrogen and oxygen atoms in total. The van der Waals surface area contributed by atoms with Crippen molar-refractivity contribution in [3.05, 3.63) is 0 Å². The van der Waals surface area contributed by atoms with Gasteiger partial charge in [0.25, 0.3) is 0 Å². The number of likely N-dealkylation sites (N-methyl/N-ethyl adjacent to an activating group) is 1. The van der Waals surface area contributed by atoms with Crippen LogP contribution in [0.15, 0.2) is 4.99 Å². The normalized spacial score (nSPS) is 21.2. The lowest BCUT2D eigenvalue weighted by atomic mass is 10.0. The molecule has 30 heavy (non-hydrogen) atoms. The molecule has 0 aromatic heterocycles. The van der Waals surface area contributed by atoms with Crippen molar-refractivity contribution in [2.24, 2.45) is 10.9 Å². The van der Waals surface area contributed by atoms with Gasteiger partial charge in [0.05, 0.1) is 19.8 Å². The van der Waals surface area contributed by atoms with E-state index in [-0.39, 0.29) is 24.0 Å². The molecule has 2 heterocycles. The van der Waals surface area contributed by atoms with Gasteiger partial charge in [0.2, 0.25) is 0 Å². The second-order valence-electron chi connectivity index (χ2n) is 8.93. The van der Waals surface area contributed by atoms with Crippen molar-refractivity contribution in [2.45, 2.75) is 46.1 Å². The molecule has 2 N–H and O–H groups in total. The molecular formula is C22H47IN6O. The lowest BCUT2D eigenvalue weighted by Gasteiger charge is -2.34. The van der Waals surface area contributed by atoms with Gasteiger partial charge in [-0.05, 0) is 58.8 Å². The molecule has 2 saturated heterocycles. The molecule has 2 aliphatic rings. The maximum Gasteiger partial charge on any atom is 0.191 e. The van der Waals surface area contributed by atoms with Gasteiger partial charge >= 0.3 is 0 Å². The van der Waals surface area contributed by atoms with Crippen LogP contribution in [0.5, 0.6) is 0 Å². The smallest absolute Gasteiger partial charge is 0.191 e. The van der Waals surface area contributed by atoms with Crippen LogP contribution in [-0.2, 0) is 4.74 Å². The largest absolute Gasteiger partial charge is 0.379 e. The van der Waals surface area contributed by atoms with Crippen LogP contribution in [0.1, 0.15) is 40.0 Å². The lowest BCUT2D eigenvalue weighted by molar-refractivity contribution is 0.0143. The van der Waals surface area contributed by atoms with E-state index >= 15 is 0 Å². The summed E-state index contributed by atoms with van der Waals surface area (Å²) >= 11 is 0. The lowest BCUT2D eigenvalue weighted by Crippen LogP contribution is -2.46. The minimum atomic E-state index is 0. The van der Waals surface area contributed by atoms with Crippen LogP contribution < -0.4 is 10.6 Å². The van der Waals surface area contributed by atoms with Crippen molar-refractivity contribution in [2.75, 3.05) is 85.7 Å². The van der Waals surface area contributed by atoms with Gasteiger partial charge in [-0.2, -0.15) is 0 Å². The third kappa shape index (κ3) is 11.5. The van der Waals surface area contributed by atoms with Gasteiger partial charge < -0.3 is 25.2 Å². The van der Waals surface area contributed by atoms with Gasteiger partial charge in [-0.3, -0.25) is 9.89 Å². The summed E-state index contributed by atoms with van der Waals surface area (Å²) in [5, 5.41) is 6.98. The third-order valence-electron chi connectivity index (χ3n) is 5.87. The minimum absolute atomic E-state index is 0. The van der Waals surface area contributed by atoms with Crippen LogP contribution in [-0.4, -0.2) is 112 Å². The van der Waals surface area contributed by atoms with E-state index in [1.165, 1.54) is 45.6 Å². The zero-order chi connectivity index (χ0) is 20.9. The number of aliphatic imine (C=N–C) groups is 1. The maximum absolute atomic E-state index is 5.54. The van der Waals surface area contributed by atoms with Crippen LogP contribution in [0.2, 0.25) is 0 Å². The van der Waals surface area contributed by atoms with E-state index in [9.17, 15) is 0 Å². The van der Waals surface area contributed by atoms with Gasteiger partial charge in [-0.1, -0.05) is 13.8 Å². The predicted octanol–water partition coefficient (Wildman–Crippen LogP) is 1.93. The van der Waals surface area contributed by atoms with E-state index < -0.39 is 0 Å². The Kier molecular flexibility index (Phi) is 15.3. The second-order valence-corrected chi connectivity index (χ2v) is 8.93. The molecule has 0 aromatic rings. The standard InChI is InChI=1S/C22H46N6O.HI/c1-5-23-22(24-8-6-10-27-11-7-9-26(4)12-13-27)25-19-21(18-20(2)3)28-14-16-29-17-15-28;/h20-21H,5-19H2,1-4H3,(H2,23,24,25);1H. The van der Waals surface area contributed by atoms with Gasteiger partial charge in [0.1, 0.15) is 0 Å². The number of morpholine rings is 1. The predicted molar refractivity (Wildman–Crippen MR) is 138 cm³/mol. The first-order valence-corrected chi connectivity index (χ1v) is 11.8. The van der Waals surface area contributed by atoms with Crippen molar-refractivity contribution in [3.63, 3.8) is 0 Å². The van der Waals surface area contributed by atoms with Crippen molar-refractivity contribution in [1.29, 1.82) is 0 Å². The zero-order valence-corrected chi connectivity index (χ0v) is 22.2. The highest BCUT2D eigenvalue weighted by Crippen LogP contribution is 2.14. The molecule has 178 valence electrons. The Bertz CT molecular complexity index is 459. The molecule has 2 fully saturated rings. The molecule has 0 aliphatic carbocycles. The Labute approximate surface area is 202 Å². The van der Waals surface area contributed by atoms with Gasteiger partial charge in [0.15, 0.2) is 5.96 Å². The number of hydrogen-bond donors (Lipinski definition) is 2. The summed E-state index contributed by atoms with van der Waals surface area (Å²) in [6.07, 6.45) is 3.63. The Morgan fingerprint density at radius 3 is 2.50 bits per heavy atom. The molecule has 0 saturated carbocycles. The van der Waals surface area contributed by atoms with E-state index in [4.69, 9.17) is 9.73 Å². The second kappa shape index (κ2) is 16.5. The minimum Gasteiger partial charge on any atom is -0.379 e. The number of ether oxygens (including phenoxy) is 1. The summed E-state index contributed by atoms with van der Waals surface area (Å²) in [4.78, 5) is 12.5. The highest BCUT2D eigenvalue weighted by atomic mass is 127. The summed E-state index contributed by atoms with van der Waals surface area (Å²) in [6.45, 7) is 19.3. The molecule has 0 amide bonds. The first-order valence-electron chi connectivity index (χ1n) is 11.8. The van der Waals surface area contributed by atoms with Crippen molar-refractivity contribution in [3.8, 4) is 0 Å². The maximum atomic E-state index is 5.54. The molecule has 0 radical (unpaired) electrons. The summed E-state index contributed by atoms with van der Waals surface area (Å²) in [5.74, 6) is 1.64. The number of hydrogen-bond acceptors (Lipinski definition) is 5. The highest BCUT2D eigenvalue weighted by Gasteiger charge is 2.21. The molecule has 0 spiro atoms. The molecule has 1 unspecified atom stereocenters. The van der Waals surface area contributed by atoms with Crippen LogP contribution in [0.4, 0.5) is 0 Å². The number of guanidine groups is 1. The van der Waals surface area contributed by atoms with Crippen LogP contribution in [0.3, 0.4) is 0 Å². The molecule has 2 rings (SSSR count). The van der Waals surface area contributed by atoms with Gasteiger partial charge in [-0.25, -0.2) is 0 Å². The van der Waals surface area contributed by atoms with E-state index in [1.54, 1.807) is 0 Å². The van der Waals surface area contributed by atoms with Crippen molar-refractivity contribution < 1.29 is 4.74 Å². The summed E-state index contributed by atoms with van der Waals surface area (Å²) in [7, 11) is 2.23. The topological polar surface area (TPSA) is 55.4 Å². The zero-order valence-electron chi connectivity index (χ0n) is 19.9. The number of halogens is 1. The van der Waals surface area contributed by atoms with E-state index in [2.05, 4.69) is 53.2 Å². The van der Waals surface area contributed by atoms with Crippen molar-refractivity contribution >= 4 is 29.9 Å². The Morgan fingerprint density at radius 1 is 1.03 bits per heavy atom. The molecule has 0 aromatic carbocycles. The molecule has 1 atom stereocenters. The van der Waals surface area contributed by atoms with Crippen LogP contribution in [0, 0.1) is 5.92 Å². The SMILES string of the molecule is CCNC(=NCC(CC(C)C)N1CCOCC1)NCCCN1CCCN(C)CC1.I. The molecule has 2 aliphatic heterocycles. The van der Waals surface area contributed by atoms with E-state index in [0.717, 1.165) is 58.3 Å². The molecular weight excluding hydrogens is 491 g/mol. The summed E-state index contributed by atoms with van der Waals surface area (Å²) < 4.78 is 5.54. The summed E-state index contributed by atoms with van der Waals surface area (Å²) in [5.41, 5.74) is 0. The fraction of sp³-hybridized carbons (Fsp3) is 0.955. The molecule has 8 heteroatoms. The number of nitrogens with zero attached hydrogens (tertiary/aromatic N) is 4. The van der Waals surface area contributed by atoms with Crippen molar-refractivity contribution in [1.82, 2.24) is 25.3 Å². The van der Waals surface area contributed by atoms with Crippen LogP contribution in [0.25, 0.3) is 0 Å². The number of rotatable bonds is 10. The first kappa shape index (κ1) is 27.9. The average Bonchev–Trinajstić information content (AvgIpc) is 2.92. The van der Waals surface area contributed by atoms with Gasteiger partial charge in [0, 0.05) is 45.3 Å². The summed E-state index contributed by atoms with van der Waals surface area (Å²) in [6, 6.07) is 0.503. The van der Waals surface area contributed by atoms with Crippen LogP contribution >= 0.6 is 24.0 Å². The quantitative estimate of drug-likeness (QED) is 0.192. The Hall–Kier alpha value is -0.160. The molecule has 0 bridgehead atoms. The monoisotopic (exact) mass is 538 g/mol. The van der Waals surface area contributed by atoms with E-state index in [0.29, 0.717) is 12.0 Å². The Balaban J connectivity index is 0.00000450. The highest BCUT2D eigenvalue weighted by molar-refractivity contribution is 14.0.